The van der Waals surface area contributed by atoms with Crippen LogP contribution < -0.4 is 5.32 Å². The molecule has 0 bridgehead atoms. The number of rotatable bonds is 5. The van der Waals surface area contributed by atoms with Gasteiger partial charge >= 0.3 is 5.97 Å². The SMILES string of the molecule is Cc1c(C=CC(=O)O)cccc1C(=O)NC(C)C1CC1. The molecule has 1 aromatic rings. The van der Waals surface area contributed by atoms with Crippen molar-refractivity contribution in [3.8, 4) is 0 Å². The van der Waals surface area contributed by atoms with E-state index in [9.17, 15) is 9.59 Å². The second-order valence-electron chi connectivity index (χ2n) is 5.29. The van der Waals surface area contributed by atoms with Crippen LogP contribution in [-0.4, -0.2) is 23.0 Å². The van der Waals surface area contributed by atoms with E-state index in [1.807, 2.05) is 13.8 Å². The maximum atomic E-state index is 12.2. The molecular weight excluding hydrogens is 254 g/mol. The number of amides is 1. The predicted molar refractivity (Wildman–Crippen MR) is 77.5 cm³/mol. The molecule has 1 atom stereocenters. The quantitative estimate of drug-likeness (QED) is 0.810. The van der Waals surface area contributed by atoms with Crippen molar-refractivity contribution in [1.29, 1.82) is 0 Å². The topological polar surface area (TPSA) is 66.4 Å². The van der Waals surface area contributed by atoms with Crippen LogP contribution in [0.1, 0.15) is 41.3 Å². The molecule has 106 valence electrons. The minimum absolute atomic E-state index is 0.0903. The third kappa shape index (κ3) is 3.47. The highest BCUT2D eigenvalue weighted by atomic mass is 16.4. The van der Waals surface area contributed by atoms with Gasteiger partial charge in [-0.05, 0) is 55.9 Å². The monoisotopic (exact) mass is 273 g/mol. The van der Waals surface area contributed by atoms with Crippen molar-refractivity contribution in [3.63, 3.8) is 0 Å². The van der Waals surface area contributed by atoms with Crippen LogP contribution in [0.25, 0.3) is 6.08 Å². The molecule has 1 saturated carbocycles. The van der Waals surface area contributed by atoms with Gasteiger partial charge in [-0.2, -0.15) is 0 Å². The average molecular weight is 273 g/mol. The van der Waals surface area contributed by atoms with Gasteiger partial charge in [0.2, 0.25) is 0 Å². The zero-order valence-corrected chi connectivity index (χ0v) is 11.7. The first-order valence-corrected chi connectivity index (χ1v) is 6.80. The fourth-order valence-electron chi connectivity index (χ4n) is 2.24. The van der Waals surface area contributed by atoms with E-state index in [0.717, 1.165) is 17.2 Å². The molecule has 4 nitrogen and oxygen atoms in total. The summed E-state index contributed by atoms with van der Waals surface area (Å²) in [7, 11) is 0. The largest absolute Gasteiger partial charge is 0.478 e. The van der Waals surface area contributed by atoms with Gasteiger partial charge in [-0.1, -0.05) is 12.1 Å². The van der Waals surface area contributed by atoms with Crippen molar-refractivity contribution in [1.82, 2.24) is 5.32 Å². The summed E-state index contributed by atoms with van der Waals surface area (Å²) in [5.74, 6) is -0.483. The minimum Gasteiger partial charge on any atom is -0.478 e. The van der Waals surface area contributed by atoms with Gasteiger partial charge in [-0.15, -0.1) is 0 Å². The first kappa shape index (κ1) is 14.3. The number of aliphatic carboxylic acids is 1. The highest BCUT2D eigenvalue weighted by Gasteiger charge is 2.29. The molecule has 1 aliphatic rings. The van der Waals surface area contributed by atoms with E-state index in [1.165, 1.54) is 18.9 Å². The zero-order valence-electron chi connectivity index (χ0n) is 11.7. The van der Waals surface area contributed by atoms with E-state index in [0.29, 0.717) is 11.5 Å². The van der Waals surface area contributed by atoms with Gasteiger partial charge in [-0.25, -0.2) is 4.79 Å². The molecule has 0 heterocycles. The van der Waals surface area contributed by atoms with Crippen LogP contribution in [0.3, 0.4) is 0 Å². The summed E-state index contributed by atoms with van der Waals surface area (Å²) in [5, 5.41) is 11.7. The Hall–Kier alpha value is -2.10. The molecule has 1 amide bonds. The van der Waals surface area contributed by atoms with E-state index in [-0.39, 0.29) is 11.9 Å². The van der Waals surface area contributed by atoms with Gasteiger partial charge < -0.3 is 10.4 Å². The van der Waals surface area contributed by atoms with Crippen molar-refractivity contribution in [3.05, 3.63) is 41.0 Å². The van der Waals surface area contributed by atoms with Gasteiger partial charge in [0, 0.05) is 17.7 Å². The molecule has 2 N–H and O–H groups in total. The van der Waals surface area contributed by atoms with Crippen molar-refractivity contribution < 1.29 is 14.7 Å². The van der Waals surface area contributed by atoms with Crippen LogP contribution in [0.5, 0.6) is 0 Å². The van der Waals surface area contributed by atoms with Crippen molar-refractivity contribution >= 4 is 18.0 Å². The fourth-order valence-corrected chi connectivity index (χ4v) is 2.24. The molecule has 1 aliphatic carbocycles. The second kappa shape index (κ2) is 5.90. The molecular formula is C16H19NO3. The summed E-state index contributed by atoms with van der Waals surface area (Å²) in [6.07, 6.45) is 4.96. The predicted octanol–water partition coefficient (Wildman–Crippen LogP) is 2.62. The summed E-state index contributed by atoms with van der Waals surface area (Å²) in [6.45, 7) is 3.86. The Balaban J connectivity index is 2.16. The molecule has 0 radical (unpaired) electrons. The molecule has 4 heteroatoms. The standard InChI is InChI=1S/C16H19NO3/c1-10-12(8-9-15(18)19)4-3-5-14(10)16(20)17-11(2)13-6-7-13/h3-5,8-9,11,13H,6-7H2,1-2H3,(H,17,20)(H,18,19). The maximum Gasteiger partial charge on any atom is 0.328 e. The second-order valence-corrected chi connectivity index (χ2v) is 5.29. The van der Waals surface area contributed by atoms with Crippen molar-refractivity contribution in [2.75, 3.05) is 0 Å². The van der Waals surface area contributed by atoms with Crippen LogP contribution >= 0.6 is 0 Å². The first-order valence-electron chi connectivity index (χ1n) is 6.80. The van der Waals surface area contributed by atoms with Crippen LogP contribution in [0.4, 0.5) is 0 Å². The summed E-state index contributed by atoms with van der Waals surface area (Å²) >= 11 is 0. The number of carboxylic acid groups (broad SMARTS) is 1. The van der Waals surface area contributed by atoms with Crippen molar-refractivity contribution in [2.24, 2.45) is 5.92 Å². The number of hydrogen-bond acceptors (Lipinski definition) is 2. The van der Waals surface area contributed by atoms with Crippen LogP contribution in [0, 0.1) is 12.8 Å². The van der Waals surface area contributed by atoms with Crippen LogP contribution in [0.2, 0.25) is 0 Å². The lowest BCUT2D eigenvalue weighted by Gasteiger charge is -2.14. The Morgan fingerprint density at radius 1 is 1.40 bits per heavy atom. The highest BCUT2D eigenvalue weighted by molar-refractivity contribution is 5.97. The molecule has 0 aromatic heterocycles. The molecule has 1 unspecified atom stereocenters. The molecule has 20 heavy (non-hydrogen) atoms. The van der Waals surface area contributed by atoms with E-state index >= 15 is 0 Å². The molecule has 0 aliphatic heterocycles. The summed E-state index contributed by atoms with van der Waals surface area (Å²) < 4.78 is 0. The van der Waals surface area contributed by atoms with Crippen LogP contribution in [0.15, 0.2) is 24.3 Å². The number of hydrogen-bond donors (Lipinski definition) is 2. The van der Waals surface area contributed by atoms with E-state index in [2.05, 4.69) is 5.32 Å². The molecule has 0 spiro atoms. The normalized spacial score (nSPS) is 16.1. The Labute approximate surface area is 118 Å². The van der Waals surface area contributed by atoms with Gasteiger partial charge in [0.25, 0.3) is 5.91 Å². The molecule has 1 aromatic carbocycles. The van der Waals surface area contributed by atoms with E-state index in [1.54, 1.807) is 18.2 Å². The van der Waals surface area contributed by atoms with Crippen LogP contribution in [-0.2, 0) is 4.79 Å². The number of carboxylic acids is 1. The minimum atomic E-state index is -0.999. The summed E-state index contributed by atoms with van der Waals surface area (Å²) in [4.78, 5) is 22.8. The maximum absolute atomic E-state index is 12.2. The molecule has 2 rings (SSSR count). The number of benzene rings is 1. The van der Waals surface area contributed by atoms with Crippen molar-refractivity contribution in [2.45, 2.75) is 32.7 Å². The lowest BCUT2D eigenvalue weighted by molar-refractivity contribution is -0.131. The van der Waals surface area contributed by atoms with Gasteiger partial charge in [0.05, 0.1) is 0 Å². The van der Waals surface area contributed by atoms with E-state index < -0.39 is 5.97 Å². The highest BCUT2D eigenvalue weighted by Crippen LogP contribution is 2.32. The Kier molecular flexibility index (Phi) is 4.23. The Morgan fingerprint density at radius 3 is 2.70 bits per heavy atom. The van der Waals surface area contributed by atoms with Gasteiger partial charge in [-0.3, -0.25) is 4.79 Å². The van der Waals surface area contributed by atoms with Gasteiger partial charge in [0.1, 0.15) is 0 Å². The number of nitrogens with one attached hydrogen (secondary N) is 1. The molecule has 0 saturated heterocycles. The smallest absolute Gasteiger partial charge is 0.328 e. The average Bonchev–Trinajstić information content (AvgIpc) is 3.21. The fraction of sp³-hybridized carbons (Fsp3) is 0.375. The lowest BCUT2D eigenvalue weighted by Crippen LogP contribution is -2.34. The van der Waals surface area contributed by atoms with Gasteiger partial charge in [0.15, 0.2) is 0 Å². The first-order chi connectivity index (χ1) is 9.49. The number of carbonyl (C=O) groups is 2. The van der Waals surface area contributed by atoms with E-state index in [4.69, 9.17) is 5.11 Å². The third-order valence-electron chi connectivity index (χ3n) is 3.71. The summed E-state index contributed by atoms with van der Waals surface area (Å²) in [6, 6.07) is 5.53. The Morgan fingerprint density at radius 2 is 2.10 bits per heavy atom. The summed E-state index contributed by atoms with van der Waals surface area (Å²) in [5.41, 5.74) is 2.15. The zero-order chi connectivity index (χ0) is 14.7. The molecule has 1 fully saturated rings. The third-order valence-corrected chi connectivity index (χ3v) is 3.71. The Bertz CT molecular complexity index is 559. The lowest BCUT2D eigenvalue weighted by atomic mass is 10.0. The number of carbonyl (C=O) groups excluding carboxylic acids is 1.